The molecule has 3 unspecified atom stereocenters. The van der Waals surface area contributed by atoms with Crippen LogP contribution in [0.1, 0.15) is 40.4 Å². The molecule has 0 aromatic heterocycles. The average molecular weight is 583 g/mol. The predicted molar refractivity (Wildman–Crippen MR) is 129 cm³/mol. The molecule has 6 rings (SSSR count). The third-order valence-electron chi connectivity index (χ3n) is 7.74. The summed E-state index contributed by atoms with van der Waals surface area (Å²) in [5.74, 6) is -3.60. The molecule has 2 aromatic carbocycles. The first-order valence-corrected chi connectivity index (χ1v) is 12.7. The van der Waals surface area contributed by atoms with Crippen LogP contribution in [0.4, 0.5) is 0 Å². The molecule has 13 heteroatoms. The fraction of sp³-hybridized carbons (Fsp3) is 0.522. The van der Waals surface area contributed by atoms with Gasteiger partial charge in [0.25, 0.3) is 5.79 Å². The Morgan fingerprint density at radius 3 is 2.81 bits per heavy atom. The van der Waals surface area contributed by atoms with E-state index in [9.17, 15) is 15.0 Å². The molecular formula is C23H21BrClN3O8. The molecule has 2 aromatic rings. The monoisotopic (exact) mass is 581 g/mol. The second-order valence-corrected chi connectivity index (χ2v) is 10.2. The normalized spacial score (nSPS) is 33.6. The van der Waals surface area contributed by atoms with Crippen molar-refractivity contribution in [3.8, 4) is 17.2 Å². The summed E-state index contributed by atoms with van der Waals surface area (Å²) in [6.07, 6.45) is -0.421. The van der Waals surface area contributed by atoms with Crippen LogP contribution in [-0.4, -0.2) is 65.4 Å². The molecular weight excluding hydrogens is 562 g/mol. The molecule has 11 nitrogen and oxygen atoms in total. The number of aliphatic hydroxyl groups is 1. The lowest BCUT2D eigenvalue weighted by Crippen LogP contribution is -2.74. The highest BCUT2D eigenvalue weighted by Gasteiger charge is 2.84. The maximum atomic E-state index is 12.9. The van der Waals surface area contributed by atoms with Crippen molar-refractivity contribution in [2.75, 3.05) is 26.1 Å². The number of azide groups is 1. The molecule has 3 heterocycles. The van der Waals surface area contributed by atoms with Gasteiger partial charge in [-0.05, 0) is 24.4 Å². The molecule has 4 aliphatic rings. The van der Waals surface area contributed by atoms with E-state index in [0.29, 0.717) is 41.5 Å². The Hall–Kier alpha value is -2.31. The van der Waals surface area contributed by atoms with Gasteiger partial charge in [0.2, 0.25) is 5.79 Å². The summed E-state index contributed by atoms with van der Waals surface area (Å²) in [6, 6.07) is 1.63. The van der Waals surface area contributed by atoms with E-state index in [1.54, 1.807) is 6.07 Å². The minimum absolute atomic E-state index is 0.0832. The lowest BCUT2D eigenvalue weighted by Gasteiger charge is -2.53. The zero-order chi connectivity index (χ0) is 25.6. The van der Waals surface area contributed by atoms with Crippen LogP contribution in [0, 0.1) is 0 Å². The highest BCUT2D eigenvalue weighted by atomic mass is 79.9. The predicted octanol–water partition coefficient (Wildman–Crippen LogP) is 4.06. The first-order valence-electron chi connectivity index (χ1n) is 11.2. The quantitative estimate of drug-likeness (QED) is 0.232. The van der Waals surface area contributed by atoms with E-state index in [1.165, 1.54) is 14.2 Å². The molecule has 2 bridgehead atoms. The lowest BCUT2D eigenvalue weighted by atomic mass is 9.77. The van der Waals surface area contributed by atoms with Crippen LogP contribution in [-0.2, 0) is 20.6 Å². The number of phenols is 1. The molecule has 2 N–H and O–H groups in total. The molecule has 3 aliphatic heterocycles. The largest absolute Gasteiger partial charge is 0.506 e. The minimum atomic E-state index is -1.99. The second-order valence-electron chi connectivity index (χ2n) is 9.22. The summed E-state index contributed by atoms with van der Waals surface area (Å²) in [7, 11) is 2.83. The maximum Gasteiger partial charge on any atom is 0.275 e. The van der Waals surface area contributed by atoms with E-state index < -0.39 is 29.4 Å². The van der Waals surface area contributed by atoms with E-state index in [0.717, 1.165) is 0 Å². The van der Waals surface area contributed by atoms with Crippen molar-refractivity contribution in [3.63, 3.8) is 0 Å². The Labute approximate surface area is 217 Å². The molecule has 2 saturated heterocycles. The molecule has 0 radical (unpaired) electrons. The van der Waals surface area contributed by atoms with Gasteiger partial charge in [0, 0.05) is 40.3 Å². The lowest BCUT2D eigenvalue weighted by molar-refractivity contribution is -0.342. The number of phenolic OH excluding ortho intramolecular Hbond substituents is 1. The van der Waals surface area contributed by atoms with E-state index in [2.05, 4.69) is 26.0 Å². The number of carbonyl (C=O) groups is 1. The molecule has 0 saturated carbocycles. The summed E-state index contributed by atoms with van der Waals surface area (Å²) in [6.45, 7) is -0.366. The number of ketones is 1. The van der Waals surface area contributed by atoms with Gasteiger partial charge in [-0.2, -0.15) is 0 Å². The van der Waals surface area contributed by atoms with Crippen molar-refractivity contribution >= 4 is 44.1 Å². The van der Waals surface area contributed by atoms with E-state index >= 15 is 0 Å². The fourth-order valence-corrected chi connectivity index (χ4v) is 7.30. The Morgan fingerprint density at radius 2 is 2.14 bits per heavy atom. The summed E-state index contributed by atoms with van der Waals surface area (Å²) in [5.41, 5.74) is 8.09. The van der Waals surface area contributed by atoms with Gasteiger partial charge in [-0.3, -0.25) is 4.79 Å². The molecule has 1 aliphatic carbocycles. The van der Waals surface area contributed by atoms with E-state index in [1.807, 2.05) is 0 Å². The number of fused-ring (bicyclic) bond motifs is 6. The maximum absolute atomic E-state index is 12.9. The number of benzene rings is 2. The molecule has 2 fully saturated rings. The Kier molecular flexibility index (Phi) is 5.24. The minimum Gasteiger partial charge on any atom is -0.506 e. The second kappa shape index (κ2) is 7.84. The van der Waals surface area contributed by atoms with Crippen molar-refractivity contribution in [2.45, 2.75) is 48.6 Å². The Bertz CT molecular complexity index is 1400. The fourth-order valence-electron chi connectivity index (χ4n) is 6.18. The van der Waals surface area contributed by atoms with Crippen molar-refractivity contribution in [1.82, 2.24) is 0 Å². The Morgan fingerprint density at radius 1 is 1.36 bits per heavy atom. The van der Waals surface area contributed by atoms with Gasteiger partial charge in [0.15, 0.2) is 17.5 Å². The van der Waals surface area contributed by atoms with Crippen LogP contribution < -0.4 is 9.47 Å². The molecule has 36 heavy (non-hydrogen) atoms. The molecule has 190 valence electrons. The molecule has 0 spiro atoms. The van der Waals surface area contributed by atoms with Crippen LogP contribution in [0.15, 0.2) is 11.2 Å². The highest BCUT2D eigenvalue weighted by Crippen LogP contribution is 2.67. The van der Waals surface area contributed by atoms with Gasteiger partial charge in [0.05, 0.1) is 29.6 Å². The van der Waals surface area contributed by atoms with Crippen LogP contribution in [0.3, 0.4) is 0 Å². The first-order chi connectivity index (χ1) is 17.2. The number of hydrogen-bond donors (Lipinski definition) is 2. The summed E-state index contributed by atoms with van der Waals surface area (Å²) in [4.78, 5) is 15.7. The van der Waals surface area contributed by atoms with Crippen molar-refractivity contribution in [2.24, 2.45) is 5.11 Å². The number of alkyl halides is 1. The topological polar surface area (TPSA) is 152 Å². The van der Waals surface area contributed by atoms with Crippen LogP contribution >= 0.6 is 27.5 Å². The third kappa shape index (κ3) is 2.57. The van der Waals surface area contributed by atoms with Gasteiger partial charge >= 0.3 is 0 Å². The van der Waals surface area contributed by atoms with E-state index in [-0.39, 0.29) is 45.1 Å². The highest BCUT2D eigenvalue weighted by molar-refractivity contribution is 9.09. The number of halogens is 2. The van der Waals surface area contributed by atoms with Crippen molar-refractivity contribution in [1.29, 1.82) is 0 Å². The van der Waals surface area contributed by atoms with Crippen molar-refractivity contribution < 1.29 is 38.7 Å². The standard InChI is InChI=1S/C23H21BrClN3O8/c1-32-17-9-4-3-5-12(29)13(9)16(30)14-10(17)6-11(25)15-18(14)35-23(33-2)20-19(15)34-22(36-20,8-27-28-26)21(23,31)7-24/h6,19-20,30-31H,3-5,7-8H2,1-2H3/t19?,20?,21-,22?,23-/m1/s1. The molecule has 0 amide bonds. The summed E-state index contributed by atoms with van der Waals surface area (Å²) < 4.78 is 30.4. The SMILES string of the molecule is COc1c2c(c(O)c3c4c(c(Cl)cc13)C1OC3(CN=[N+]=[N-])OC1[C@@](OC)(O4)[C@@]3(O)CBr)C(=O)CCC2. The third-order valence-corrected chi connectivity index (χ3v) is 8.87. The summed E-state index contributed by atoms with van der Waals surface area (Å²) in [5, 5.41) is 27.7. The number of ether oxygens (including phenoxy) is 5. The van der Waals surface area contributed by atoms with Crippen LogP contribution in [0.5, 0.6) is 17.2 Å². The zero-order valence-corrected chi connectivity index (χ0v) is 21.6. The van der Waals surface area contributed by atoms with Crippen LogP contribution in [0.25, 0.3) is 21.2 Å². The number of methoxy groups -OCH3 is 2. The van der Waals surface area contributed by atoms with E-state index in [4.69, 9.17) is 40.8 Å². The van der Waals surface area contributed by atoms with Gasteiger partial charge in [-0.1, -0.05) is 32.6 Å². The van der Waals surface area contributed by atoms with Crippen LogP contribution in [0.2, 0.25) is 5.02 Å². The van der Waals surface area contributed by atoms with Gasteiger partial charge < -0.3 is 33.9 Å². The number of hydrogen-bond acceptors (Lipinski definition) is 9. The number of nitrogens with zero attached hydrogens (tertiary/aromatic N) is 3. The number of carbonyl (C=O) groups excluding carboxylic acids is 1. The smallest absolute Gasteiger partial charge is 0.275 e. The van der Waals surface area contributed by atoms with Gasteiger partial charge in [0.1, 0.15) is 23.4 Å². The Balaban J connectivity index is 1.69. The average Bonchev–Trinajstić information content (AvgIpc) is 3.36. The van der Waals surface area contributed by atoms with Gasteiger partial charge in [-0.25, -0.2) is 0 Å². The number of Topliss-reactive ketones (excluding diaryl/α,β-unsaturated/α-hetero) is 1. The number of rotatable bonds is 5. The first kappa shape index (κ1) is 24.1. The summed E-state index contributed by atoms with van der Waals surface area (Å²) >= 11 is 10.1. The van der Waals surface area contributed by atoms with Crippen molar-refractivity contribution in [3.05, 3.63) is 38.2 Å². The zero-order valence-electron chi connectivity index (χ0n) is 19.2. The molecule has 5 atom stereocenters. The number of aromatic hydroxyl groups is 1. The van der Waals surface area contributed by atoms with Gasteiger partial charge in [-0.15, -0.1) is 0 Å².